The molecule has 3 rings (SSSR count). The number of aliphatic hydroxyl groups is 1. The molecule has 22 heavy (non-hydrogen) atoms. The van der Waals surface area contributed by atoms with Crippen LogP contribution in [0.15, 0.2) is 48.5 Å². The molecule has 1 aliphatic carbocycles. The van der Waals surface area contributed by atoms with Gasteiger partial charge in [-0.05, 0) is 55.0 Å². The third-order valence-corrected chi connectivity index (χ3v) is 4.60. The van der Waals surface area contributed by atoms with E-state index in [2.05, 4.69) is 17.4 Å². The second-order valence-electron chi connectivity index (χ2n) is 6.16. The van der Waals surface area contributed by atoms with Gasteiger partial charge < -0.3 is 10.4 Å². The third-order valence-electron chi connectivity index (χ3n) is 4.60. The van der Waals surface area contributed by atoms with E-state index in [1.165, 1.54) is 5.56 Å². The lowest BCUT2D eigenvalue weighted by atomic mass is 9.70. The van der Waals surface area contributed by atoms with Gasteiger partial charge in [0.2, 0.25) is 5.91 Å². The van der Waals surface area contributed by atoms with Gasteiger partial charge in [0.15, 0.2) is 0 Å². The Kier molecular flexibility index (Phi) is 3.99. The number of carbonyl (C=O) groups excluding carboxylic acids is 1. The molecule has 1 unspecified atom stereocenters. The Labute approximate surface area is 131 Å². The molecule has 3 heteroatoms. The third kappa shape index (κ3) is 2.64. The van der Waals surface area contributed by atoms with Crippen LogP contribution in [0.25, 0.3) is 0 Å². The maximum absolute atomic E-state index is 12.9. The van der Waals surface area contributed by atoms with Crippen molar-refractivity contribution in [2.45, 2.75) is 38.2 Å². The molecule has 0 fully saturated rings. The molecule has 0 spiro atoms. The van der Waals surface area contributed by atoms with E-state index >= 15 is 0 Å². The van der Waals surface area contributed by atoms with Crippen LogP contribution in [-0.2, 0) is 23.2 Å². The minimum Gasteiger partial charge on any atom is -0.392 e. The lowest BCUT2D eigenvalue weighted by molar-refractivity contribution is -0.121. The van der Waals surface area contributed by atoms with Crippen LogP contribution in [-0.4, -0.2) is 11.0 Å². The highest BCUT2D eigenvalue weighted by Gasteiger charge is 2.38. The summed E-state index contributed by atoms with van der Waals surface area (Å²) < 4.78 is 0. The average Bonchev–Trinajstić information content (AvgIpc) is 2.55. The first kappa shape index (κ1) is 14.8. The number of hydrogen-bond donors (Lipinski definition) is 2. The zero-order chi connectivity index (χ0) is 15.6. The van der Waals surface area contributed by atoms with E-state index in [0.29, 0.717) is 0 Å². The van der Waals surface area contributed by atoms with E-state index in [1.807, 2.05) is 43.3 Å². The van der Waals surface area contributed by atoms with E-state index in [9.17, 15) is 9.90 Å². The molecule has 0 saturated carbocycles. The number of carbonyl (C=O) groups is 1. The maximum Gasteiger partial charge on any atom is 0.234 e. The quantitative estimate of drug-likeness (QED) is 0.911. The van der Waals surface area contributed by atoms with E-state index in [1.54, 1.807) is 0 Å². The fourth-order valence-corrected chi connectivity index (χ4v) is 3.30. The topological polar surface area (TPSA) is 49.3 Å². The van der Waals surface area contributed by atoms with Gasteiger partial charge in [-0.15, -0.1) is 0 Å². The molecule has 114 valence electrons. The molecular formula is C19H21NO2. The Morgan fingerprint density at radius 1 is 1.23 bits per heavy atom. The maximum atomic E-state index is 12.9. The Morgan fingerprint density at radius 3 is 2.86 bits per heavy atom. The van der Waals surface area contributed by atoms with Crippen LogP contribution >= 0.6 is 0 Å². The molecule has 1 amide bonds. The predicted octanol–water partition coefficient (Wildman–Crippen LogP) is 3.41. The van der Waals surface area contributed by atoms with Crippen LogP contribution in [0, 0.1) is 0 Å². The summed E-state index contributed by atoms with van der Waals surface area (Å²) in [7, 11) is 0. The summed E-state index contributed by atoms with van der Waals surface area (Å²) >= 11 is 0. The summed E-state index contributed by atoms with van der Waals surface area (Å²) in [6, 6.07) is 15.6. The van der Waals surface area contributed by atoms with Crippen LogP contribution < -0.4 is 5.32 Å². The number of benzene rings is 2. The fourth-order valence-electron chi connectivity index (χ4n) is 3.30. The van der Waals surface area contributed by atoms with Crippen LogP contribution in [0.4, 0.5) is 5.69 Å². The zero-order valence-corrected chi connectivity index (χ0v) is 12.8. The Hall–Kier alpha value is -2.13. The molecule has 2 aromatic carbocycles. The molecule has 2 aromatic rings. The SMILES string of the molecule is CC1(C(=O)Nc2cccc(CO)c2)CCCc2ccccc21. The standard InChI is InChI=1S/C19H21NO2/c1-19(11-5-8-15-7-2-3-10-17(15)19)18(22)20-16-9-4-6-14(12-16)13-21/h2-4,6-7,9-10,12,21H,5,8,11,13H2,1H3,(H,20,22). The van der Waals surface area contributed by atoms with E-state index < -0.39 is 5.41 Å². The van der Waals surface area contributed by atoms with Gasteiger partial charge in [-0.3, -0.25) is 4.79 Å². The van der Waals surface area contributed by atoms with Gasteiger partial charge in [-0.25, -0.2) is 0 Å². The summed E-state index contributed by atoms with van der Waals surface area (Å²) in [4.78, 5) is 12.9. The number of aryl methyl sites for hydroxylation is 1. The number of aliphatic hydroxyl groups excluding tert-OH is 1. The zero-order valence-electron chi connectivity index (χ0n) is 12.8. The van der Waals surface area contributed by atoms with Gasteiger partial charge in [0, 0.05) is 5.69 Å². The van der Waals surface area contributed by atoms with Crippen molar-refractivity contribution in [1.82, 2.24) is 0 Å². The molecular weight excluding hydrogens is 274 g/mol. The minimum absolute atomic E-state index is 0.0229. The van der Waals surface area contributed by atoms with Crippen molar-refractivity contribution in [1.29, 1.82) is 0 Å². The fraction of sp³-hybridized carbons (Fsp3) is 0.316. The molecule has 0 saturated heterocycles. The van der Waals surface area contributed by atoms with Gasteiger partial charge in [-0.2, -0.15) is 0 Å². The van der Waals surface area contributed by atoms with Crippen LogP contribution in [0.1, 0.15) is 36.5 Å². The van der Waals surface area contributed by atoms with Gasteiger partial charge in [0.1, 0.15) is 0 Å². The molecule has 1 aliphatic rings. The largest absolute Gasteiger partial charge is 0.392 e. The van der Waals surface area contributed by atoms with Crippen LogP contribution in [0.5, 0.6) is 0 Å². The number of hydrogen-bond acceptors (Lipinski definition) is 2. The monoisotopic (exact) mass is 295 g/mol. The second-order valence-corrected chi connectivity index (χ2v) is 6.16. The molecule has 3 nitrogen and oxygen atoms in total. The summed E-state index contributed by atoms with van der Waals surface area (Å²) in [6.45, 7) is 2.00. The first-order valence-electron chi connectivity index (χ1n) is 7.73. The number of anilines is 1. The molecule has 0 radical (unpaired) electrons. The van der Waals surface area contributed by atoms with Crippen molar-refractivity contribution >= 4 is 11.6 Å². The second kappa shape index (κ2) is 5.93. The van der Waals surface area contributed by atoms with Crippen molar-refractivity contribution in [2.75, 3.05) is 5.32 Å². The van der Waals surface area contributed by atoms with Gasteiger partial charge in [-0.1, -0.05) is 36.4 Å². The van der Waals surface area contributed by atoms with Crippen molar-refractivity contribution in [3.05, 3.63) is 65.2 Å². The number of amides is 1. The summed E-state index contributed by atoms with van der Waals surface area (Å²) in [6.07, 6.45) is 2.92. The van der Waals surface area contributed by atoms with Crippen molar-refractivity contribution < 1.29 is 9.90 Å². The van der Waals surface area contributed by atoms with E-state index in [-0.39, 0.29) is 12.5 Å². The lowest BCUT2D eigenvalue weighted by Gasteiger charge is -2.34. The Bertz CT molecular complexity index is 695. The molecule has 1 atom stereocenters. The summed E-state index contributed by atoms with van der Waals surface area (Å²) in [5.74, 6) is 0.0229. The van der Waals surface area contributed by atoms with Crippen LogP contribution in [0.3, 0.4) is 0 Å². The molecule has 0 aliphatic heterocycles. The van der Waals surface area contributed by atoms with Crippen molar-refractivity contribution in [3.8, 4) is 0 Å². The normalized spacial score (nSPS) is 20.3. The lowest BCUT2D eigenvalue weighted by Crippen LogP contribution is -2.40. The highest BCUT2D eigenvalue weighted by Crippen LogP contribution is 2.38. The number of rotatable bonds is 3. The van der Waals surface area contributed by atoms with Gasteiger partial charge >= 0.3 is 0 Å². The van der Waals surface area contributed by atoms with Crippen LogP contribution in [0.2, 0.25) is 0 Å². The van der Waals surface area contributed by atoms with Gasteiger partial charge in [0.05, 0.1) is 12.0 Å². The first-order valence-corrected chi connectivity index (χ1v) is 7.73. The summed E-state index contributed by atoms with van der Waals surface area (Å²) in [5, 5.41) is 12.2. The highest BCUT2D eigenvalue weighted by molar-refractivity contribution is 5.99. The first-order chi connectivity index (χ1) is 10.6. The average molecular weight is 295 g/mol. The number of nitrogens with one attached hydrogen (secondary N) is 1. The van der Waals surface area contributed by atoms with Crippen molar-refractivity contribution in [2.24, 2.45) is 0 Å². The van der Waals surface area contributed by atoms with Gasteiger partial charge in [0.25, 0.3) is 0 Å². The predicted molar refractivity (Wildman–Crippen MR) is 87.7 cm³/mol. The smallest absolute Gasteiger partial charge is 0.234 e. The molecule has 0 aromatic heterocycles. The molecule has 0 bridgehead atoms. The Balaban J connectivity index is 1.88. The van der Waals surface area contributed by atoms with E-state index in [4.69, 9.17) is 0 Å². The minimum atomic E-state index is -0.496. The van der Waals surface area contributed by atoms with E-state index in [0.717, 1.165) is 36.1 Å². The summed E-state index contributed by atoms with van der Waals surface area (Å²) in [5.41, 5.74) is 3.45. The molecule has 0 heterocycles. The number of fused-ring (bicyclic) bond motifs is 1. The van der Waals surface area contributed by atoms with Crippen molar-refractivity contribution in [3.63, 3.8) is 0 Å². The highest BCUT2D eigenvalue weighted by atomic mass is 16.3. The molecule has 2 N–H and O–H groups in total. The Morgan fingerprint density at radius 2 is 2.05 bits per heavy atom.